The van der Waals surface area contributed by atoms with Crippen molar-refractivity contribution in [3.63, 3.8) is 0 Å². The summed E-state index contributed by atoms with van der Waals surface area (Å²) < 4.78 is 33.4. The van der Waals surface area contributed by atoms with Gasteiger partial charge in [0.05, 0.1) is 23.6 Å². The molecule has 2 fully saturated rings. The molecule has 2 aliphatic heterocycles. The third-order valence-electron chi connectivity index (χ3n) is 6.17. The van der Waals surface area contributed by atoms with Crippen molar-refractivity contribution in [2.75, 3.05) is 45.8 Å². The summed E-state index contributed by atoms with van der Waals surface area (Å²) in [5.41, 5.74) is 2.45. The van der Waals surface area contributed by atoms with E-state index in [0.717, 1.165) is 19.3 Å². The van der Waals surface area contributed by atoms with Crippen LogP contribution in [0.15, 0.2) is 23.1 Å². The SMILES string of the molecule is C[C@@H]1CN(C(=O)CN2CCN(S(=O)(=O)c3ccc4c(c3)CCC4)CC2)C[C@@H](C)O1. The van der Waals surface area contributed by atoms with Gasteiger partial charge in [-0.3, -0.25) is 9.69 Å². The summed E-state index contributed by atoms with van der Waals surface area (Å²) in [7, 11) is -3.48. The lowest BCUT2D eigenvalue weighted by molar-refractivity contribution is -0.144. The van der Waals surface area contributed by atoms with Crippen LogP contribution in [-0.2, 0) is 32.4 Å². The van der Waals surface area contributed by atoms with Gasteiger partial charge in [0.15, 0.2) is 0 Å². The molecule has 2 atom stereocenters. The zero-order chi connectivity index (χ0) is 20.6. The van der Waals surface area contributed by atoms with Crippen LogP contribution in [0.5, 0.6) is 0 Å². The average Bonchev–Trinajstić information content (AvgIpc) is 3.15. The smallest absolute Gasteiger partial charge is 0.243 e. The highest BCUT2D eigenvalue weighted by atomic mass is 32.2. The third-order valence-corrected chi connectivity index (χ3v) is 8.06. The van der Waals surface area contributed by atoms with Crippen LogP contribution >= 0.6 is 0 Å². The number of carbonyl (C=O) groups is 1. The molecule has 0 unspecified atom stereocenters. The van der Waals surface area contributed by atoms with Gasteiger partial charge in [-0.15, -0.1) is 0 Å². The van der Waals surface area contributed by atoms with Crippen LogP contribution in [0.3, 0.4) is 0 Å². The van der Waals surface area contributed by atoms with Crippen molar-refractivity contribution < 1.29 is 17.9 Å². The second kappa shape index (κ2) is 8.34. The standard InChI is InChI=1S/C21H31N3O4S/c1-16-13-23(14-17(2)28-16)21(25)15-22-8-10-24(11-9-22)29(26,27)20-7-6-18-4-3-5-19(18)12-20/h6-7,12,16-17H,3-5,8-11,13-15H2,1-2H3/t16-,17-/m1/s1. The highest BCUT2D eigenvalue weighted by molar-refractivity contribution is 7.89. The molecule has 160 valence electrons. The molecule has 2 saturated heterocycles. The minimum atomic E-state index is -3.48. The van der Waals surface area contributed by atoms with Crippen LogP contribution in [0.1, 0.15) is 31.4 Å². The van der Waals surface area contributed by atoms with E-state index in [1.165, 1.54) is 11.1 Å². The summed E-state index contributed by atoms with van der Waals surface area (Å²) in [6, 6.07) is 5.57. The van der Waals surface area contributed by atoms with E-state index in [-0.39, 0.29) is 18.1 Å². The first-order valence-corrected chi connectivity index (χ1v) is 12.0. The number of morpholine rings is 1. The molecule has 2 heterocycles. The first-order valence-electron chi connectivity index (χ1n) is 10.6. The molecule has 0 bridgehead atoms. The second-order valence-corrected chi connectivity index (χ2v) is 10.5. The summed E-state index contributed by atoms with van der Waals surface area (Å²) in [4.78, 5) is 17.0. The van der Waals surface area contributed by atoms with E-state index < -0.39 is 10.0 Å². The Morgan fingerprint density at radius 1 is 1.03 bits per heavy atom. The summed E-state index contributed by atoms with van der Waals surface area (Å²) in [5, 5.41) is 0. The molecular formula is C21H31N3O4S. The molecule has 7 nitrogen and oxygen atoms in total. The van der Waals surface area contributed by atoms with Gasteiger partial charge in [0, 0.05) is 39.3 Å². The van der Waals surface area contributed by atoms with Crippen molar-refractivity contribution in [3.8, 4) is 0 Å². The van der Waals surface area contributed by atoms with Crippen molar-refractivity contribution in [1.29, 1.82) is 0 Å². The number of fused-ring (bicyclic) bond motifs is 1. The first kappa shape index (κ1) is 20.8. The van der Waals surface area contributed by atoms with Gasteiger partial charge < -0.3 is 9.64 Å². The molecule has 3 aliphatic rings. The zero-order valence-electron chi connectivity index (χ0n) is 17.3. The first-order chi connectivity index (χ1) is 13.8. The number of rotatable bonds is 4. The van der Waals surface area contributed by atoms with Crippen LogP contribution in [0.25, 0.3) is 0 Å². The Hall–Kier alpha value is -1.48. The van der Waals surface area contributed by atoms with Crippen molar-refractivity contribution in [2.45, 2.75) is 50.2 Å². The number of carbonyl (C=O) groups excluding carboxylic acids is 1. The average molecular weight is 422 g/mol. The number of hydrogen-bond acceptors (Lipinski definition) is 5. The number of amides is 1. The number of ether oxygens (including phenoxy) is 1. The molecule has 0 aromatic heterocycles. The van der Waals surface area contributed by atoms with E-state index in [0.29, 0.717) is 50.7 Å². The van der Waals surface area contributed by atoms with Gasteiger partial charge in [-0.2, -0.15) is 4.31 Å². The Bertz CT molecular complexity index is 855. The van der Waals surface area contributed by atoms with Crippen molar-refractivity contribution in [2.24, 2.45) is 0 Å². The van der Waals surface area contributed by atoms with Gasteiger partial charge in [0.25, 0.3) is 0 Å². The van der Waals surface area contributed by atoms with Crippen LogP contribution < -0.4 is 0 Å². The van der Waals surface area contributed by atoms with Gasteiger partial charge in [-0.25, -0.2) is 8.42 Å². The molecular weight excluding hydrogens is 390 g/mol. The Kier molecular flexibility index (Phi) is 5.97. The molecule has 0 N–H and O–H groups in total. The van der Waals surface area contributed by atoms with Crippen molar-refractivity contribution in [3.05, 3.63) is 29.3 Å². The highest BCUT2D eigenvalue weighted by Gasteiger charge is 2.32. The third kappa shape index (κ3) is 4.50. The zero-order valence-corrected chi connectivity index (χ0v) is 18.2. The maximum atomic E-state index is 13.1. The number of sulfonamides is 1. The maximum absolute atomic E-state index is 13.1. The van der Waals surface area contributed by atoms with Crippen LogP contribution in [0, 0.1) is 0 Å². The Morgan fingerprint density at radius 2 is 1.69 bits per heavy atom. The molecule has 4 rings (SSSR count). The van der Waals surface area contributed by atoms with E-state index in [9.17, 15) is 13.2 Å². The Balaban J connectivity index is 1.33. The molecule has 0 spiro atoms. The van der Waals surface area contributed by atoms with E-state index >= 15 is 0 Å². The summed E-state index contributed by atoms with van der Waals surface area (Å²) in [5.74, 6) is 0.0990. The molecule has 29 heavy (non-hydrogen) atoms. The normalized spacial score (nSPS) is 26.5. The quantitative estimate of drug-likeness (QED) is 0.729. The largest absolute Gasteiger partial charge is 0.372 e. The Labute approximate surface area is 173 Å². The molecule has 0 saturated carbocycles. The molecule has 1 aromatic rings. The molecule has 1 aromatic carbocycles. The lowest BCUT2D eigenvalue weighted by atomic mass is 10.1. The van der Waals surface area contributed by atoms with E-state index in [1.807, 2.05) is 30.9 Å². The monoisotopic (exact) mass is 421 g/mol. The second-order valence-electron chi connectivity index (χ2n) is 8.52. The van der Waals surface area contributed by atoms with Crippen molar-refractivity contribution in [1.82, 2.24) is 14.1 Å². The fraction of sp³-hybridized carbons (Fsp3) is 0.667. The molecule has 1 amide bonds. The predicted octanol–water partition coefficient (Wildman–Crippen LogP) is 1.12. The summed E-state index contributed by atoms with van der Waals surface area (Å²) in [6.45, 7) is 7.54. The summed E-state index contributed by atoms with van der Waals surface area (Å²) >= 11 is 0. The minimum Gasteiger partial charge on any atom is -0.372 e. The lowest BCUT2D eigenvalue weighted by Gasteiger charge is -2.38. The van der Waals surface area contributed by atoms with E-state index in [4.69, 9.17) is 4.74 Å². The molecule has 0 radical (unpaired) electrons. The van der Waals surface area contributed by atoms with Gasteiger partial charge in [-0.1, -0.05) is 6.07 Å². The predicted molar refractivity (Wildman–Crippen MR) is 110 cm³/mol. The van der Waals surface area contributed by atoms with Gasteiger partial charge in [0.1, 0.15) is 0 Å². The van der Waals surface area contributed by atoms with Crippen LogP contribution in [0.2, 0.25) is 0 Å². The van der Waals surface area contributed by atoms with E-state index in [2.05, 4.69) is 4.90 Å². The molecule has 1 aliphatic carbocycles. The number of aryl methyl sites for hydroxylation is 2. The van der Waals surface area contributed by atoms with Crippen LogP contribution in [-0.4, -0.2) is 86.5 Å². The fourth-order valence-electron chi connectivity index (χ4n) is 4.66. The van der Waals surface area contributed by atoms with Crippen LogP contribution in [0.4, 0.5) is 0 Å². The highest BCUT2D eigenvalue weighted by Crippen LogP contribution is 2.26. The number of piperazine rings is 1. The lowest BCUT2D eigenvalue weighted by Crippen LogP contribution is -2.54. The van der Waals surface area contributed by atoms with Gasteiger partial charge >= 0.3 is 0 Å². The topological polar surface area (TPSA) is 70.2 Å². The number of hydrogen-bond donors (Lipinski definition) is 0. The number of nitrogens with zero attached hydrogens (tertiary/aromatic N) is 3. The Morgan fingerprint density at radius 3 is 2.38 bits per heavy atom. The van der Waals surface area contributed by atoms with E-state index in [1.54, 1.807) is 10.4 Å². The fourth-order valence-corrected chi connectivity index (χ4v) is 6.13. The minimum absolute atomic E-state index is 0.0528. The maximum Gasteiger partial charge on any atom is 0.243 e. The van der Waals surface area contributed by atoms with Crippen molar-refractivity contribution >= 4 is 15.9 Å². The summed E-state index contributed by atoms with van der Waals surface area (Å²) in [6.07, 6.45) is 3.22. The molecule has 8 heteroatoms. The van der Waals surface area contributed by atoms with Gasteiger partial charge in [-0.05, 0) is 56.4 Å². The number of benzene rings is 1. The van der Waals surface area contributed by atoms with Gasteiger partial charge in [0.2, 0.25) is 15.9 Å².